The van der Waals surface area contributed by atoms with Crippen LogP contribution in [0.4, 0.5) is 4.39 Å². The van der Waals surface area contributed by atoms with Crippen molar-refractivity contribution in [3.05, 3.63) is 29.8 Å². The maximum atomic E-state index is 12.6. The van der Waals surface area contributed by atoms with Gasteiger partial charge in [-0.3, -0.25) is 4.98 Å². The molecule has 0 aliphatic rings. The van der Waals surface area contributed by atoms with E-state index in [0.717, 1.165) is 6.20 Å². The molecule has 2 nitrogen and oxygen atoms in total. The zero-order chi connectivity index (χ0) is 10.6. The lowest BCUT2D eigenvalue weighted by Crippen LogP contribution is -2.25. The molecule has 1 heterocycles. The second-order valence-electron chi connectivity index (χ2n) is 3.13. The van der Waals surface area contributed by atoms with Crippen molar-refractivity contribution in [2.24, 2.45) is 0 Å². The number of hydrogen-bond donors (Lipinski definition) is 1. The van der Waals surface area contributed by atoms with E-state index >= 15 is 0 Å². The zero-order valence-electron chi connectivity index (χ0n) is 8.00. The minimum Gasteiger partial charge on any atom is -0.383 e. The van der Waals surface area contributed by atoms with Gasteiger partial charge in [-0.25, -0.2) is 4.39 Å². The maximum Gasteiger partial charge on any atom is 0.141 e. The fourth-order valence-electron chi connectivity index (χ4n) is 1.22. The second kappa shape index (κ2) is 4.21. The van der Waals surface area contributed by atoms with Crippen molar-refractivity contribution in [3.63, 3.8) is 0 Å². The summed E-state index contributed by atoms with van der Waals surface area (Å²) in [5.74, 6) is 1.97. The van der Waals surface area contributed by atoms with E-state index in [9.17, 15) is 9.50 Å². The number of pyridine rings is 1. The van der Waals surface area contributed by atoms with E-state index < -0.39 is 11.4 Å². The molecule has 14 heavy (non-hydrogen) atoms. The van der Waals surface area contributed by atoms with Crippen LogP contribution in [0.2, 0.25) is 0 Å². The van der Waals surface area contributed by atoms with E-state index in [4.69, 9.17) is 6.42 Å². The van der Waals surface area contributed by atoms with E-state index in [1.165, 1.54) is 12.1 Å². The highest BCUT2D eigenvalue weighted by atomic mass is 19.1. The first kappa shape index (κ1) is 10.7. The molecule has 1 unspecified atom stereocenters. The monoisotopic (exact) mass is 193 g/mol. The number of aromatic nitrogens is 1. The Morgan fingerprint density at radius 1 is 1.64 bits per heavy atom. The Hall–Kier alpha value is -1.40. The van der Waals surface area contributed by atoms with E-state index in [1.807, 2.05) is 6.92 Å². The van der Waals surface area contributed by atoms with E-state index in [0.29, 0.717) is 12.1 Å². The van der Waals surface area contributed by atoms with E-state index in [1.54, 1.807) is 0 Å². The smallest absolute Gasteiger partial charge is 0.141 e. The van der Waals surface area contributed by atoms with Crippen molar-refractivity contribution in [2.75, 3.05) is 0 Å². The molecule has 0 aliphatic carbocycles. The van der Waals surface area contributed by atoms with Gasteiger partial charge in [-0.05, 0) is 18.6 Å². The average molecular weight is 193 g/mol. The number of nitrogens with zero attached hydrogens (tertiary/aromatic N) is 1. The molecule has 1 rings (SSSR count). The molecule has 3 heteroatoms. The molecule has 0 saturated heterocycles. The summed E-state index contributed by atoms with van der Waals surface area (Å²) in [7, 11) is 0. The molecule has 0 aromatic carbocycles. The third-order valence-electron chi connectivity index (χ3n) is 2.18. The average Bonchev–Trinajstić information content (AvgIpc) is 2.19. The summed E-state index contributed by atoms with van der Waals surface area (Å²) in [5.41, 5.74) is -0.720. The molecule has 0 fully saturated rings. The van der Waals surface area contributed by atoms with Gasteiger partial charge in [0.15, 0.2) is 0 Å². The lowest BCUT2D eigenvalue weighted by Gasteiger charge is -2.23. The number of rotatable bonds is 3. The Morgan fingerprint density at radius 2 is 2.36 bits per heavy atom. The van der Waals surface area contributed by atoms with Crippen LogP contribution in [0.3, 0.4) is 0 Å². The van der Waals surface area contributed by atoms with Crippen molar-refractivity contribution < 1.29 is 9.50 Å². The Bertz CT molecular complexity index is 341. The van der Waals surface area contributed by atoms with Gasteiger partial charge in [0.1, 0.15) is 11.4 Å². The largest absolute Gasteiger partial charge is 0.383 e. The summed E-state index contributed by atoms with van der Waals surface area (Å²) in [5, 5.41) is 10.1. The summed E-state index contributed by atoms with van der Waals surface area (Å²) in [6.07, 6.45) is 6.86. The second-order valence-corrected chi connectivity index (χ2v) is 3.13. The minimum absolute atomic E-state index is 0.183. The molecule has 0 saturated carbocycles. The highest BCUT2D eigenvalue weighted by molar-refractivity contribution is 5.16. The fraction of sp³-hybridized carbons (Fsp3) is 0.364. The van der Waals surface area contributed by atoms with Crippen LogP contribution in [0.1, 0.15) is 25.5 Å². The van der Waals surface area contributed by atoms with Crippen LogP contribution >= 0.6 is 0 Å². The van der Waals surface area contributed by atoms with Crippen LogP contribution in [-0.4, -0.2) is 10.1 Å². The molecule has 0 spiro atoms. The first-order valence-corrected chi connectivity index (χ1v) is 4.40. The van der Waals surface area contributed by atoms with Gasteiger partial charge in [0.05, 0.1) is 11.9 Å². The van der Waals surface area contributed by atoms with Gasteiger partial charge in [-0.15, -0.1) is 12.3 Å². The van der Waals surface area contributed by atoms with Gasteiger partial charge in [-0.2, -0.15) is 0 Å². The normalized spacial score (nSPS) is 14.4. The first-order chi connectivity index (χ1) is 6.62. The van der Waals surface area contributed by atoms with Crippen LogP contribution in [-0.2, 0) is 5.60 Å². The Kier molecular flexibility index (Phi) is 3.21. The van der Waals surface area contributed by atoms with Crippen LogP contribution < -0.4 is 0 Å². The molecule has 1 N–H and O–H groups in total. The molecular formula is C11H12FNO. The number of halogens is 1. The van der Waals surface area contributed by atoms with Gasteiger partial charge in [-0.1, -0.05) is 6.92 Å². The van der Waals surface area contributed by atoms with Crippen LogP contribution in [0.5, 0.6) is 0 Å². The third kappa shape index (κ3) is 2.09. The van der Waals surface area contributed by atoms with Gasteiger partial charge >= 0.3 is 0 Å². The number of aliphatic hydroxyl groups is 1. The van der Waals surface area contributed by atoms with Crippen LogP contribution in [0.15, 0.2) is 18.3 Å². The molecule has 1 aromatic rings. The topological polar surface area (TPSA) is 33.1 Å². The van der Waals surface area contributed by atoms with Gasteiger partial charge in [0.25, 0.3) is 0 Å². The molecule has 1 aromatic heterocycles. The quantitative estimate of drug-likeness (QED) is 0.743. The lowest BCUT2D eigenvalue weighted by molar-refractivity contribution is 0.0333. The minimum atomic E-state index is -1.14. The van der Waals surface area contributed by atoms with Crippen LogP contribution in [0, 0.1) is 18.2 Å². The Labute approximate surface area is 82.8 Å². The molecule has 1 atom stereocenters. The highest BCUT2D eigenvalue weighted by Crippen LogP contribution is 2.26. The number of terminal acetylenes is 1. The molecule has 0 aliphatic heterocycles. The molecule has 0 amide bonds. The summed E-state index contributed by atoms with van der Waals surface area (Å²) < 4.78 is 12.6. The van der Waals surface area contributed by atoms with Crippen molar-refractivity contribution in [1.82, 2.24) is 4.98 Å². The van der Waals surface area contributed by atoms with E-state index in [2.05, 4.69) is 10.9 Å². The summed E-state index contributed by atoms with van der Waals surface area (Å²) >= 11 is 0. The summed E-state index contributed by atoms with van der Waals surface area (Å²) in [4.78, 5) is 3.82. The number of hydrogen-bond acceptors (Lipinski definition) is 2. The maximum absolute atomic E-state index is 12.6. The van der Waals surface area contributed by atoms with Gasteiger partial charge in [0, 0.05) is 6.42 Å². The zero-order valence-corrected chi connectivity index (χ0v) is 8.00. The first-order valence-electron chi connectivity index (χ1n) is 4.40. The summed E-state index contributed by atoms with van der Waals surface area (Å²) in [6, 6.07) is 2.72. The molecule has 0 bridgehead atoms. The van der Waals surface area contributed by atoms with E-state index in [-0.39, 0.29) is 6.42 Å². The van der Waals surface area contributed by atoms with Crippen LogP contribution in [0.25, 0.3) is 0 Å². The van der Waals surface area contributed by atoms with Crippen molar-refractivity contribution in [2.45, 2.75) is 25.4 Å². The van der Waals surface area contributed by atoms with Crippen molar-refractivity contribution in [1.29, 1.82) is 0 Å². The van der Waals surface area contributed by atoms with Gasteiger partial charge < -0.3 is 5.11 Å². The van der Waals surface area contributed by atoms with Crippen molar-refractivity contribution in [3.8, 4) is 12.3 Å². The summed E-state index contributed by atoms with van der Waals surface area (Å²) in [6.45, 7) is 1.81. The van der Waals surface area contributed by atoms with Gasteiger partial charge in [0.2, 0.25) is 0 Å². The molecule has 0 radical (unpaired) electrons. The fourth-order valence-corrected chi connectivity index (χ4v) is 1.22. The van der Waals surface area contributed by atoms with Crippen molar-refractivity contribution >= 4 is 0 Å². The standard InChI is InChI=1S/C11H12FNO/c1-3-7-11(14,4-2)10-6-5-9(12)8-13-10/h1,5-6,8,14H,4,7H2,2H3. The Balaban J connectivity index is 3.01. The lowest BCUT2D eigenvalue weighted by atomic mass is 9.92. The third-order valence-corrected chi connectivity index (χ3v) is 2.18. The SMILES string of the molecule is C#CCC(O)(CC)c1ccc(F)cn1. The molecular weight excluding hydrogens is 181 g/mol. The Morgan fingerprint density at radius 3 is 2.79 bits per heavy atom. The molecule has 74 valence electrons. The predicted octanol–water partition coefficient (Wildman–Crippen LogP) is 1.84. The predicted molar refractivity (Wildman–Crippen MR) is 51.8 cm³/mol. The highest BCUT2D eigenvalue weighted by Gasteiger charge is 2.27.